The SMILES string of the molecule is CCOC(=O)C1CCCCN1C(=O)COC(=O)CSc1ccc2ccccc2c1. The molecule has 29 heavy (non-hydrogen) atoms. The summed E-state index contributed by atoms with van der Waals surface area (Å²) in [5.41, 5.74) is 0. The minimum Gasteiger partial charge on any atom is -0.464 e. The van der Waals surface area contributed by atoms with Gasteiger partial charge in [0.25, 0.3) is 5.91 Å². The topological polar surface area (TPSA) is 72.9 Å². The molecular formula is C22H25NO5S. The highest BCUT2D eigenvalue weighted by atomic mass is 32.2. The molecular weight excluding hydrogens is 390 g/mol. The maximum atomic E-state index is 12.5. The van der Waals surface area contributed by atoms with Gasteiger partial charge >= 0.3 is 11.9 Å². The Hall–Kier alpha value is -2.54. The Kier molecular flexibility index (Phi) is 7.52. The molecule has 0 aromatic heterocycles. The summed E-state index contributed by atoms with van der Waals surface area (Å²) in [4.78, 5) is 39.1. The first-order chi connectivity index (χ1) is 14.1. The van der Waals surface area contributed by atoms with Crippen LogP contribution in [0.4, 0.5) is 0 Å². The number of amides is 1. The molecule has 0 N–H and O–H groups in total. The lowest BCUT2D eigenvalue weighted by Gasteiger charge is -2.33. The molecule has 1 aliphatic rings. The van der Waals surface area contributed by atoms with Gasteiger partial charge in [-0.05, 0) is 49.1 Å². The summed E-state index contributed by atoms with van der Waals surface area (Å²) in [7, 11) is 0. The van der Waals surface area contributed by atoms with Gasteiger partial charge < -0.3 is 14.4 Å². The molecule has 0 aliphatic carbocycles. The van der Waals surface area contributed by atoms with Crippen LogP contribution in [0.1, 0.15) is 26.2 Å². The van der Waals surface area contributed by atoms with Gasteiger partial charge in [0.2, 0.25) is 0 Å². The zero-order valence-corrected chi connectivity index (χ0v) is 17.3. The largest absolute Gasteiger partial charge is 0.464 e. The van der Waals surface area contributed by atoms with E-state index in [1.54, 1.807) is 6.92 Å². The zero-order chi connectivity index (χ0) is 20.6. The zero-order valence-electron chi connectivity index (χ0n) is 16.5. The fourth-order valence-corrected chi connectivity index (χ4v) is 4.12. The highest BCUT2D eigenvalue weighted by Crippen LogP contribution is 2.24. The molecule has 0 bridgehead atoms. The molecule has 2 aromatic rings. The second kappa shape index (κ2) is 10.3. The van der Waals surface area contributed by atoms with E-state index in [0.29, 0.717) is 13.0 Å². The van der Waals surface area contributed by atoms with Gasteiger partial charge in [-0.25, -0.2) is 4.79 Å². The number of esters is 2. The van der Waals surface area contributed by atoms with Crippen LogP contribution in [0.15, 0.2) is 47.4 Å². The van der Waals surface area contributed by atoms with Crippen molar-refractivity contribution in [2.75, 3.05) is 25.5 Å². The van der Waals surface area contributed by atoms with E-state index in [1.807, 2.05) is 42.5 Å². The Labute approximate surface area is 174 Å². The molecule has 154 valence electrons. The summed E-state index contributed by atoms with van der Waals surface area (Å²) < 4.78 is 10.2. The number of ether oxygens (including phenoxy) is 2. The summed E-state index contributed by atoms with van der Waals surface area (Å²) in [5.74, 6) is -1.08. The molecule has 1 heterocycles. The molecule has 0 saturated carbocycles. The summed E-state index contributed by atoms with van der Waals surface area (Å²) in [5, 5.41) is 2.25. The molecule has 1 saturated heterocycles. The normalized spacial score (nSPS) is 16.4. The number of piperidine rings is 1. The number of rotatable bonds is 7. The van der Waals surface area contributed by atoms with Crippen LogP contribution in [0.5, 0.6) is 0 Å². The Morgan fingerprint density at radius 1 is 1.07 bits per heavy atom. The van der Waals surface area contributed by atoms with Gasteiger partial charge in [-0.15, -0.1) is 11.8 Å². The van der Waals surface area contributed by atoms with E-state index in [4.69, 9.17) is 9.47 Å². The van der Waals surface area contributed by atoms with Crippen molar-refractivity contribution in [1.82, 2.24) is 4.90 Å². The van der Waals surface area contributed by atoms with Crippen LogP contribution >= 0.6 is 11.8 Å². The van der Waals surface area contributed by atoms with Crippen molar-refractivity contribution in [2.24, 2.45) is 0 Å². The molecule has 2 aromatic carbocycles. The second-order valence-corrected chi connectivity index (χ2v) is 7.86. The van der Waals surface area contributed by atoms with E-state index in [0.717, 1.165) is 28.5 Å². The van der Waals surface area contributed by atoms with Crippen molar-refractivity contribution in [2.45, 2.75) is 37.1 Å². The van der Waals surface area contributed by atoms with Crippen molar-refractivity contribution in [3.05, 3.63) is 42.5 Å². The lowest BCUT2D eigenvalue weighted by atomic mass is 10.0. The third-order valence-corrected chi connectivity index (χ3v) is 5.78. The molecule has 1 atom stereocenters. The molecule has 3 rings (SSSR count). The van der Waals surface area contributed by atoms with Crippen molar-refractivity contribution < 1.29 is 23.9 Å². The average molecular weight is 416 g/mol. The molecule has 0 radical (unpaired) electrons. The number of thioether (sulfide) groups is 1. The number of fused-ring (bicyclic) bond motifs is 1. The number of benzene rings is 2. The number of carbonyl (C=O) groups excluding carboxylic acids is 3. The first-order valence-corrected chi connectivity index (χ1v) is 10.8. The molecule has 7 heteroatoms. The molecule has 0 spiro atoms. The third-order valence-electron chi connectivity index (χ3n) is 4.82. The van der Waals surface area contributed by atoms with Crippen molar-refractivity contribution >= 4 is 40.4 Å². The molecule has 6 nitrogen and oxygen atoms in total. The second-order valence-electron chi connectivity index (χ2n) is 6.81. The van der Waals surface area contributed by atoms with E-state index < -0.39 is 18.0 Å². The first kappa shape index (κ1) is 21.2. The van der Waals surface area contributed by atoms with Crippen LogP contribution in [0.25, 0.3) is 10.8 Å². The summed E-state index contributed by atoms with van der Waals surface area (Å²) >= 11 is 1.37. The van der Waals surface area contributed by atoms with Gasteiger partial charge in [0.05, 0.1) is 12.4 Å². The van der Waals surface area contributed by atoms with Crippen LogP contribution in [0.3, 0.4) is 0 Å². The fraction of sp³-hybridized carbons (Fsp3) is 0.409. The summed E-state index contributed by atoms with van der Waals surface area (Å²) in [6.45, 7) is 2.14. The molecule has 1 unspecified atom stereocenters. The van der Waals surface area contributed by atoms with Crippen molar-refractivity contribution in [3.63, 3.8) is 0 Å². The Bertz CT molecular complexity index is 884. The van der Waals surface area contributed by atoms with Gasteiger partial charge in [-0.1, -0.05) is 30.3 Å². The Balaban J connectivity index is 1.48. The van der Waals surface area contributed by atoms with Crippen LogP contribution in [0.2, 0.25) is 0 Å². The number of likely N-dealkylation sites (tertiary alicyclic amines) is 1. The number of hydrogen-bond donors (Lipinski definition) is 0. The minimum absolute atomic E-state index is 0.118. The van der Waals surface area contributed by atoms with Gasteiger partial charge in [0, 0.05) is 11.4 Å². The lowest BCUT2D eigenvalue weighted by Crippen LogP contribution is -2.50. The quantitative estimate of drug-likeness (QED) is 0.510. The minimum atomic E-state index is -0.582. The van der Waals surface area contributed by atoms with Crippen LogP contribution < -0.4 is 0 Å². The van der Waals surface area contributed by atoms with Crippen LogP contribution in [-0.2, 0) is 23.9 Å². The predicted molar refractivity (Wildman–Crippen MR) is 112 cm³/mol. The highest BCUT2D eigenvalue weighted by molar-refractivity contribution is 8.00. The predicted octanol–water partition coefficient (Wildman–Crippen LogP) is 3.42. The van der Waals surface area contributed by atoms with Gasteiger partial charge in [-0.3, -0.25) is 9.59 Å². The van der Waals surface area contributed by atoms with E-state index in [-0.39, 0.29) is 24.9 Å². The van der Waals surface area contributed by atoms with Crippen molar-refractivity contribution in [3.8, 4) is 0 Å². The Morgan fingerprint density at radius 2 is 1.86 bits per heavy atom. The fourth-order valence-electron chi connectivity index (χ4n) is 3.38. The van der Waals surface area contributed by atoms with Gasteiger partial charge in [0.1, 0.15) is 6.04 Å². The molecule has 1 amide bonds. The standard InChI is InChI=1S/C22H25NO5S/c1-2-27-22(26)19-9-5-6-12-23(19)20(24)14-28-21(25)15-29-18-11-10-16-7-3-4-8-17(16)13-18/h3-4,7-8,10-11,13,19H,2,5-6,9,12,14-15H2,1H3. The number of carbonyl (C=O) groups is 3. The smallest absolute Gasteiger partial charge is 0.328 e. The highest BCUT2D eigenvalue weighted by Gasteiger charge is 2.33. The van der Waals surface area contributed by atoms with Crippen LogP contribution in [0, 0.1) is 0 Å². The summed E-state index contributed by atoms with van der Waals surface area (Å²) in [6.07, 6.45) is 2.28. The molecule has 1 fully saturated rings. The summed E-state index contributed by atoms with van der Waals surface area (Å²) in [6, 6.07) is 13.4. The van der Waals surface area contributed by atoms with Crippen molar-refractivity contribution in [1.29, 1.82) is 0 Å². The van der Waals surface area contributed by atoms with Gasteiger partial charge in [0.15, 0.2) is 6.61 Å². The van der Waals surface area contributed by atoms with E-state index in [2.05, 4.69) is 0 Å². The average Bonchev–Trinajstić information content (AvgIpc) is 2.76. The van der Waals surface area contributed by atoms with E-state index >= 15 is 0 Å². The Morgan fingerprint density at radius 3 is 2.66 bits per heavy atom. The number of nitrogens with zero attached hydrogens (tertiary/aromatic N) is 1. The van der Waals surface area contributed by atoms with Gasteiger partial charge in [-0.2, -0.15) is 0 Å². The maximum absolute atomic E-state index is 12.5. The first-order valence-electron chi connectivity index (χ1n) is 9.82. The monoisotopic (exact) mass is 415 g/mol. The molecule has 1 aliphatic heterocycles. The van der Waals surface area contributed by atoms with E-state index in [9.17, 15) is 14.4 Å². The maximum Gasteiger partial charge on any atom is 0.328 e. The lowest BCUT2D eigenvalue weighted by molar-refractivity contribution is -0.160. The van der Waals surface area contributed by atoms with E-state index in [1.165, 1.54) is 16.7 Å². The number of hydrogen-bond acceptors (Lipinski definition) is 6. The van der Waals surface area contributed by atoms with Crippen LogP contribution in [-0.4, -0.2) is 54.3 Å². The third kappa shape index (κ3) is 5.73.